The first kappa shape index (κ1) is 28.0. The van der Waals surface area contributed by atoms with Crippen LogP contribution < -0.4 is 11.2 Å². The number of thiophene rings is 1. The fourth-order valence-corrected chi connectivity index (χ4v) is 6.86. The van der Waals surface area contributed by atoms with E-state index in [-0.39, 0.29) is 11.2 Å². The van der Waals surface area contributed by atoms with E-state index in [9.17, 15) is 9.59 Å². The van der Waals surface area contributed by atoms with Gasteiger partial charge in [-0.1, -0.05) is 75.2 Å². The van der Waals surface area contributed by atoms with Crippen LogP contribution in [0.1, 0.15) is 57.9 Å². The van der Waals surface area contributed by atoms with E-state index in [1.807, 2.05) is 18.4 Å². The Balaban J connectivity index is 0.000000840. The molecule has 0 amide bonds. The maximum absolute atomic E-state index is 13.3. The highest BCUT2D eigenvalue weighted by atomic mass is 32.2. The molecule has 4 rings (SSSR count). The third kappa shape index (κ3) is 6.40. The van der Waals surface area contributed by atoms with Crippen LogP contribution in [0.15, 0.2) is 69.1 Å². The van der Waals surface area contributed by atoms with Crippen molar-refractivity contribution in [2.75, 3.05) is 5.75 Å². The van der Waals surface area contributed by atoms with Crippen molar-refractivity contribution in [1.29, 1.82) is 0 Å². The zero-order valence-electron chi connectivity index (χ0n) is 22.4. The van der Waals surface area contributed by atoms with E-state index in [0.29, 0.717) is 17.8 Å². The summed E-state index contributed by atoms with van der Waals surface area (Å²) in [6, 6.07) is 14.8. The summed E-state index contributed by atoms with van der Waals surface area (Å²) in [6.07, 6.45) is 2.97. The molecule has 36 heavy (non-hydrogen) atoms. The summed E-state index contributed by atoms with van der Waals surface area (Å²) >= 11 is 3.39. The maximum Gasteiger partial charge on any atom is 0.331 e. The summed E-state index contributed by atoms with van der Waals surface area (Å²) < 4.78 is 3.09. The van der Waals surface area contributed by atoms with Crippen molar-refractivity contribution >= 4 is 44.1 Å². The van der Waals surface area contributed by atoms with Gasteiger partial charge in [0.1, 0.15) is 4.83 Å². The molecule has 2 aromatic carbocycles. The highest BCUT2D eigenvalue weighted by molar-refractivity contribution is 7.99. The van der Waals surface area contributed by atoms with Crippen molar-refractivity contribution in [2.24, 2.45) is 13.0 Å². The molecule has 0 aliphatic heterocycles. The number of hydrogen-bond donors (Lipinski definition) is 0. The van der Waals surface area contributed by atoms with Gasteiger partial charge in [0.15, 0.2) is 0 Å². The first-order chi connectivity index (χ1) is 17.1. The van der Waals surface area contributed by atoms with Crippen LogP contribution in [0.3, 0.4) is 0 Å². The Morgan fingerprint density at radius 1 is 1.08 bits per heavy atom. The first-order valence-electron chi connectivity index (χ1n) is 12.6. The van der Waals surface area contributed by atoms with Crippen LogP contribution in [0.2, 0.25) is 0 Å². The molecule has 0 bridgehead atoms. The molecule has 0 fully saturated rings. The molecule has 0 N–H and O–H groups in total. The Hall–Kier alpha value is -2.57. The van der Waals surface area contributed by atoms with Gasteiger partial charge in [-0.15, -0.1) is 29.7 Å². The highest BCUT2D eigenvalue weighted by Gasteiger charge is 2.22. The predicted molar refractivity (Wildman–Crippen MR) is 159 cm³/mol. The van der Waals surface area contributed by atoms with Crippen LogP contribution in [0.4, 0.5) is 0 Å². The minimum Gasteiger partial charge on any atom is -0.284 e. The second kappa shape index (κ2) is 12.6. The fourth-order valence-electron chi connectivity index (χ4n) is 4.09. The van der Waals surface area contributed by atoms with E-state index in [0.717, 1.165) is 34.7 Å². The van der Waals surface area contributed by atoms with Crippen LogP contribution in [0.5, 0.6) is 0 Å². The first-order valence-corrected chi connectivity index (χ1v) is 14.4. The molecule has 0 aliphatic rings. The maximum atomic E-state index is 13.3. The summed E-state index contributed by atoms with van der Waals surface area (Å²) in [5.74, 6) is 1.28. The number of allylic oxidation sites excluding steroid dienone is 1. The molecule has 0 saturated carbocycles. The van der Waals surface area contributed by atoms with Crippen molar-refractivity contribution in [2.45, 2.75) is 65.3 Å². The second-order valence-corrected chi connectivity index (χ2v) is 12.1. The highest BCUT2D eigenvalue weighted by Crippen LogP contribution is 2.39. The molecule has 0 aliphatic carbocycles. The summed E-state index contributed by atoms with van der Waals surface area (Å²) in [6.45, 7) is 14.5. The molecule has 2 aromatic heterocycles. The molecule has 192 valence electrons. The molecule has 2 heterocycles. The van der Waals surface area contributed by atoms with Crippen molar-refractivity contribution in [3.05, 3.63) is 85.9 Å². The van der Waals surface area contributed by atoms with Gasteiger partial charge in [-0.05, 0) is 48.3 Å². The van der Waals surface area contributed by atoms with Crippen LogP contribution in [0, 0.1) is 5.92 Å². The summed E-state index contributed by atoms with van der Waals surface area (Å²) in [5, 5.41) is 3.18. The van der Waals surface area contributed by atoms with Crippen LogP contribution >= 0.6 is 23.1 Å². The van der Waals surface area contributed by atoms with Gasteiger partial charge in [0.05, 0.1) is 5.39 Å². The SMILES string of the molecule is C=C(C)C.CCCCSc1c(Cc2cccc3ccccc23)sc2c1c(=O)n(C)c(=O)n2CC(C)C. The van der Waals surface area contributed by atoms with E-state index in [1.165, 1.54) is 31.4 Å². The standard InChI is InChI=1S/C26H30N2O2S2.C4H8/c1-5-6-14-31-23-21(15-19-12-9-11-18-10-7-8-13-20(18)19)32-25-22(23)24(29)27(4)26(30)28(25)16-17(2)3;1-4(2)3/h7-13,17H,5-6,14-16H2,1-4H3;1H2,2-3H3. The van der Waals surface area contributed by atoms with Crippen molar-refractivity contribution in [3.63, 3.8) is 0 Å². The number of thioether (sulfide) groups is 1. The van der Waals surface area contributed by atoms with E-state index >= 15 is 0 Å². The number of fused-ring (bicyclic) bond motifs is 2. The van der Waals surface area contributed by atoms with Crippen LogP contribution in [-0.4, -0.2) is 14.9 Å². The van der Waals surface area contributed by atoms with Gasteiger partial charge in [-0.2, -0.15) is 0 Å². The lowest BCUT2D eigenvalue weighted by atomic mass is 10.0. The van der Waals surface area contributed by atoms with Gasteiger partial charge in [0.2, 0.25) is 0 Å². The molecule has 0 atom stereocenters. The van der Waals surface area contributed by atoms with E-state index in [4.69, 9.17) is 0 Å². The Labute approximate surface area is 222 Å². The number of aromatic nitrogens is 2. The molecule has 4 aromatic rings. The molecule has 0 saturated heterocycles. The lowest BCUT2D eigenvalue weighted by Gasteiger charge is -2.11. The Morgan fingerprint density at radius 3 is 2.42 bits per heavy atom. The van der Waals surface area contributed by atoms with Crippen molar-refractivity contribution in [3.8, 4) is 0 Å². The van der Waals surface area contributed by atoms with Gasteiger partial charge in [-0.3, -0.25) is 13.9 Å². The fraction of sp³-hybridized carbons (Fsp3) is 0.400. The average molecular weight is 523 g/mol. The van der Waals surface area contributed by atoms with E-state index in [1.54, 1.807) is 30.1 Å². The molecular weight excluding hydrogens is 484 g/mol. The molecule has 6 heteroatoms. The van der Waals surface area contributed by atoms with Crippen LogP contribution in [-0.2, 0) is 20.0 Å². The zero-order chi connectivity index (χ0) is 26.4. The molecular formula is C30H38N2O2S2. The largest absolute Gasteiger partial charge is 0.331 e. The molecule has 4 nitrogen and oxygen atoms in total. The minimum atomic E-state index is -0.223. The monoisotopic (exact) mass is 522 g/mol. The van der Waals surface area contributed by atoms with Crippen molar-refractivity contribution in [1.82, 2.24) is 9.13 Å². The van der Waals surface area contributed by atoms with Gasteiger partial charge < -0.3 is 0 Å². The van der Waals surface area contributed by atoms with E-state index in [2.05, 4.69) is 69.8 Å². The number of rotatable bonds is 8. The number of nitrogens with zero attached hydrogens (tertiary/aromatic N) is 2. The Morgan fingerprint density at radius 2 is 1.75 bits per heavy atom. The normalized spacial score (nSPS) is 11.2. The molecule has 0 radical (unpaired) electrons. The number of unbranched alkanes of at least 4 members (excludes halogenated alkanes) is 1. The lowest BCUT2D eigenvalue weighted by molar-refractivity contribution is 0.504. The van der Waals surface area contributed by atoms with Crippen molar-refractivity contribution < 1.29 is 0 Å². The predicted octanol–water partition coefficient (Wildman–Crippen LogP) is 7.64. The third-order valence-corrected chi connectivity index (χ3v) is 8.29. The second-order valence-electron chi connectivity index (χ2n) is 9.91. The third-order valence-electron chi connectivity index (χ3n) is 5.72. The molecule has 0 spiro atoms. The Kier molecular flexibility index (Phi) is 9.80. The van der Waals surface area contributed by atoms with E-state index < -0.39 is 0 Å². The van der Waals surface area contributed by atoms with Gasteiger partial charge in [-0.25, -0.2) is 4.79 Å². The van der Waals surface area contributed by atoms with Crippen LogP contribution in [0.25, 0.3) is 21.0 Å². The Bertz CT molecular complexity index is 1470. The number of benzene rings is 2. The zero-order valence-corrected chi connectivity index (χ0v) is 24.0. The smallest absolute Gasteiger partial charge is 0.284 e. The minimum absolute atomic E-state index is 0.176. The summed E-state index contributed by atoms with van der Waals surface area (Å²) in [7, 11) is 1.60. The topological polar surface area (TPSA) is 44.0 Å². The van der Waals surface area contributed by atoms with Gasteiger partial charge in [0, 0.05) is 29.8 Å². The molecule has 0 unspecified atom stereocenters. The lowest BCUT2D eigenvalue weighted by Crippen LogP contribution is -2.38. The summed E-state index contributed by atoms with van der Waals surface area (Å²) in [5.41, 5.74) is 2.02. The number of hydrogen-bond acceptors (Lipinski definition) is 4. The summed E-state index contributed by atoms with van der Waals surface area (Å²) in [4.78, 5) is 29.3. The quantitative estimate of drug-likeness (QED) is 0.136. The van der Waals surface area contributed by atoms with Gasteiger partial charge in [0.25, 0.3) is 5.56 Å². The van der Waals surface area contributed by atoms with Gasteiger partial charge >= 0.3 is 5.69 Å². The average Bonchev–Trinajstić information content (AvgIpc) is 3.18.